The van der Waals surface area contributed by atoms with Gasteiger partial charge in [0.1, 0.15) is 5.75 Å². The molecule has 3 rings (SSSR count). The summed E-state index contributed by atoms with van der Waals surface area (Å²) in [7, 11) is 1.62. The quantitative estimate of drug-likeness (QED) is 0.785. The first-order chi connectivity index (χ1) is 10.2. The molecule has 1 aromatic rings. The number of nitrogens with zero attached hydrogens (tertiary/aromatic N) is 2. The molecule has 21 heavy (non-hydrogen) atoms. The average molecular weight is 289 g/mol. The minimum absolute atomic E-state index is 0.0854. The fraction of sp³-hybridized carbons (Fsp3) is 0.467. The van der Waals surface area contributed by atoms with Crippen molar-refractivity contribution < 1.29 is 14.3 Å². The molecular weight excluding hydrogens is 270 g/mol. The van der Waals surface area contributed by atoms with E-state index in [0.717, 1.165) is 24.4 Å². The summed E-state index contributed by atoms with van der Waals surface area (Å²) in [6, 6.07) is 7.65. The van der Waals surface area contributed by atoms with E-state index in [0.29, 0.717) is 19.6 Å². The van der Waals surface area contributed by atoms with Gasteiger partial charge in [-0.05, 0) is 17.7 Å². The van der Waals surface area contributed by atoms with Gasteiger partial charge in [0, 0.05) is 32.7 Å². The van der Waals surface area contributed by atoms with Crippen LogP contribution in [-0.2, 0) is 16.1 Å². The predicted octanol–water partition coefficient (Wildman–Crippen LogP) is -0.162. The summed E-state index contributed by atoms with van der Waals surface area (Å²) >= 11 is 0. The number of amides is 2. The fourth-order valence-corrected chi connectivity index (χ4v) is 2.87. The molecule has 2 fully saturated rings. The van der Waals surface area contributed by atoms with Crippen LogP contribution >= 0.6 is 0 Å². The highest BCUT2D eigenvalue weighted by Crippen LogP contribution is 2.18. The van der Waals surface area contributed by atoms with Gasteiger partial charge in [0.2, 0.25) is 0 Å². The molecule has 0 saturated carbocycles. The number of piperazine rings is 2. The van der Waals surface area contributed by atoms with E-state index in [-0.39, 0.29) is 11.9 Å². The maximum absolute atomic E-state index is 12.2. The second-order valence-corrected chi connectivity index (χ2v) is 5.39. The monoisotopic (exact) mass is 289 g/mol. The Morgan fingerprint density at radius 1 is 1.24 bits per heavy atom. The van der Waals surface area contributed by atoms with Crippen LogP contribution in [0.2, 0.25) is 0 Å². The van der Waals surface area contributed by atoms with Gasteiger partial charge in [0.05, 0.1) is 13.2 Å². The summed E-state index contributed by atoms with van der Waals surface area (Å²) in [4.78, 5) is 27.7. The molecule has 0 radical (unpaired) electrons. The Kier molecular flexibility index (Phi) is 3.79. The summed E-state index contributed by atoms with van der Waals surface area (Å²) in [5.41, 5.74) is 0.995. The van der Waals surface area contributed by atoms with E-state index in [1.54, 1.807) is 16.9 Å². The predicted molar refractivity (Wildman–Crippen MR) is 76.8 cm³/mol. The third kappa shape index (κ3) is 2.71. The van der Waals surface area contributed by atoms with Gasteiger partial charge in [-0.2, -0.15) is 0 Å². The van der Waals surface area contributed by atoms with Crippen molar-refractivity contribution in [1.82, 2.24) is 15.1 Å². The second kappa shape index (κ2) is 5.73. The highest BCUT2D eigenvalue weighted by atomic mass is 16.5. The molecule has 1 N–H and O–H groups in total. The highest BCUT2D eigenvalue weighted by molar-refractivity contribution is 6.35. The Morgan fingerprint density at radius 3 is 2.71 bits per heavy atom. The highest BCUT2D eigenvalue weighted by Gasteiger charge is 2.39. The first-order valence-electron chi connectivity index (χ1n) is 7.12. The molecule has 112 valence electrons. The number of carbonyl (C=O) groups excluding carboxylic acids is 2. The average Bonchev–Trinajstić information content (AvgIpc) is 2.53. The Bertz CT molecular complexity index is 544. The molecule has 2 amide bonds. The number of rotatable bonds is 3. The van der Waals surface area contributed by atoms with Crippen molar-refractivity contribution in [3.05, 3.63) is 29.8 Å². The first kappa shape index (κ1) is 13.9. The minimum atomic E-state index is -0.399. The van der Waals surface area contributed by atoms with Crippen molar-refractivity contribution in [2.75, 3.05) is 33.3 Å². The standard InChI is InChI=1S/C15H19N3O3/c1-21-13-4-2-11(3-5-13)9-17-10-12-8-16-6-7-18(12)15(20)14(17)19/h2-5,12,16H,6-10H2,1H3. The van der Waals surface area contributed by atoms with E-state index in [1.807, 2.05) is 24.3 Å². The number of ether oxygens (including phenoxy) is 1. The normalized spacial score (nSPS) is 22.2. The Hall–Kier alpha value is -2.08. The third-order valence-electron chi connectivity index (χ3n) is 4.04. The van der Waals surface area contributed by atoms with E-state index < -0.39 is 5.91 Å². The molecule has 2 aliphatic heterocycles. The zero-order valence-electron chi connectivity index (χ0n) is 12.0. The number of methoxy groups -OCH3 is 1. The summed E-state index contributed by atoms with van der Waals surface area (Å²) in [5, 5.41) is 3.27. The van der Waals surface area contributed by atoms with Crippen LogP contribution in [0.4, 0.5) is 0 Å². The van der Waals surface area contributed by atoms with Gasteiger partial charge >= 0.3 is 11.8 Å². The van der Waals surface area contributed by atoms with E-state index in [9.17, 15) is 9.59 Å². The molecule has 0 bridgehead atoms. The summed E-state index contributed by atoms with van der Waals surface area (Å²) in [5.74, 6) is 0.00711. The van der Waals surface area contributed by atoms with Crippen molar-refractivity contribution in [3.63, 3.8) is 0 Å². The molecular formula is C15H19N3O3. The molecule has 6 nitrogen and oxygen atoms in total. The number of nitrogens with one attached hydrogen (secondary N) is 1. The van der Waals surface area contributed by atoms with Crippen molar-refractivity contribution in [3.8, 4) is 5.75 Å². The van der Waals surface area contributed by atoms with Crippen molar-refractivity contribution in [1.29, 1.82) is 0 Å². The number of hydrogen-bond acceptors (Lipinski definition) is 4. The SMILES string of the molecule is COc1ccc(CN2CC3CNCCN3C(=O)C2=O)cc1. The molecule has 2 aliphatic rings. The van der Waals surface area contributed by atoms with E-state index in [2.05, 4.69) is 5.32 Å². The maximum atomic E-state index is 12.2. The second-order valence-electron chi connectivity index (χ2n) is 5.39. The van der Waals surface area contributed by atoms with Gasteiger partial charge in [0.25, 0.3) is 0 Å². The third-order valence-corrected chi connectivity index (χ3v) is 4.04. The molecule has 2 saturated heterocycles. The Balaban J connectivity index is 1.72. The van der Waals surface area contributed by atoms with Gasteiger partial charge < -0.3 is 19.9 Å². The number of carbonyl (C=O) groups is 2. The maximum Gasteiger partial charge on any atom is 0.312 e. The lowest BCUT2D eigenvalue weighted by atomic mass is 10.1. The van der Waals surface area contributed by atoms with E-state index >= 15 is 0 Å². The minimum Gasteiger partial charge on any atom is -0.497 e. The Morgan fingerprint density at radius 2 is 2.00 bits per heavy atom. The lowest BCUT2D eigenvalue weighted by Gasteiger charge is -2.43. The molecule has 2 heterocycles. The van der Waals surface area contributed by atoms with Crippen molar-refractivity contribution >= 4 is 11.8 Å². The van der Waals surface area contributed by atoms with Crippen LogP contribution in [0.15, 0.2) is 24.3 Å². The van der Waals surface area contributed by atoms with Gasteiger partial charge in [-0.25, -0.2) is 0 Å². The van der Waals surface area contributed by atoms with Gasteiger partial charge in [-0.15, -0.1) is 0 Å². The molecule has 0 aromatic heterocycles. The van der Waals surface area contributed by atoms with Crippen LogP contribution in [0.25, 0.3) is 0 Å². The zero-order valence-corrected chi connectivity index (χ0v) is 12.0. The molecule has 1 atom stereocenters. The van der Waals surface area contributed by atoms with Crippen LogP contribution in [0.5, 0.6) is 5.75 Å². The number of benzene rings is 1. The summed E-state index contributed by atoms with van der Waals surface area (Å²) in [6.07, 6.45) is 0. The molecule has 0 aliphatic carbocycles. The molecule has 6 heteroatoms. The van der Waals surface area contributed by atoms with E-state index in [1.165, 1.54) is 0 Å². The topological polar surface area (TPSA) is 61.9 Å². The lowest BCUT2D eigenvalue weighted by molar-refractivity contribution is -0.160. The van der Waals surface area contributed by atoms with Crippen LogP contribution < -0.4 is 10.1 Å². The van der Waals surface area contributed by atoms with Crippen molar-refractivity contribution in [2.24, 2.45) is 0 Å². The zero-order chi connectivity index (χ0) is 14.8. The summed E-state index contributed by atoms with van der Waals surface area (Å²) < 4.78 is 5.12. The number of fused-ring (bicyclic) bond motifs is 1. The largest absolute Gasteiger partial charge is 0.497 e. The molecule has 1 unspecified atom stereocenters. The van der Waals surface area contributed by atoms with Gasteiger partial charge in [-0.1, -0.05) is 12.1 Å². The van der Waals surface area contributed by atoms with Crippen LogP contribution in [0.3, 0.4) is 0 Å². The van der Waals surface area contributed by atoms with Gasteiger partial charge in [-0.3, -0.25) is 9.59 Å². The fourth-order valence-electron chi connectivity index (χ4n) is 2.87. The van der Waals surface area contributed by atoms with Gasteiger partial charge in [0.15, 0.2) is 0 Å². The van der Waals surface area contributed by atoms with E-state index in [4.69, 9.17) is 4.74 Å². The van der Waals surface area contributed by atoms with Crippen molar-refractivity contribution in [2.45, 2.75) is 12.6 Å². The van der Waals surface area contributed by atoms with Crippen LogP contribution in [0, 0.1) is 0 Å². The first-order valence-corrected chi connectivity index (χ1v) is 7.12. The smallest absolute Gasteiger partial charge is 0.312 e. The number of hydrogen-bond donors (Lipinski definition) is 1. The Labute approximate surface area is 123 Å². The molecule has 1 aromatic carbocycles. The van der Waals surface area contributed by atoms with Crippen LogP contribution in [-0.4, -0.2) is 60.9 Å². The van der Waals surface area contributed by atoms with Crippen LogP contribution in [0.1, 0.15) is 5.56 Å². The molecule has 0 spiro atoms. The summed E-state index contributed by atoms with van der Waals surface area (Å²) in [6.45, 7) is 3.17. The lowest BCUT2D eigenvalue weighted by Crippen LogP contribution is -2.65.